The number of aromatic amines is 1. The highest BCUT2D eigenvalue weighted by Gasteiger charge is 2.02. The van der Waals surface area contributed by atoms with E-state index in [1.54, 1.807) is 0 Å². The molecule has 0 saturated carbocycles. The SMILES string of the molecule is CCNC(=NCc1cccc(Cl)c1)NCCCc1nc2ccccc2[nH]1. The Hall–Kier alpha value is -2.53. The molecular weight excluding hydrogens is 346 g/mol. The number of halogens is 1. The molecule has 1 aromatic heterocycles. The molecule has 0 atom stereocenters. The number of nitrogens with one attached hydrogen (secondary N) is 3. The second kappa shape index (κ2) is 9.25. The number of aromatic nitrogens is 2. The summed E-state index contributed by atoms with van der Waals surface area (Å²) in [4.78, 5) is 12.6. The predicted molar refractivity (Wildman–Crippen MR) is 109 cm³/mol. The molecule has 0 aliphatic rings. The first-order valence-corrected chi connectivity index (χ1v) is 9.32. The molecule has 0 saturated heterocycles. The monoisotopic (exact) mass is 369 g/mol. The minimum absolute atomic E-state index is 0.597. The van der Waals surface area contributed by atoms with Crippen molar-refractivity contribution in [3.05, 3.63) is 64.9 Å². The molecule has 0 aliphatic heterocycles. The number of aryl methyl sites for hydroxylation is 1. The lowest BCUT2D eigenvalue weighted by Gasteiger charge is -2.11. The molecular formula is C20H24ClN5. The van der Waals surface area contributed by atoms with Crippen LogP contribution in [0.4, 0.5) is 0 Å². The average molecular weight is 370 g/mol. The summed E-state index contributed by atoms with van der Waals surface area (Å²) in [6.07, 6.45) is 1.87. The Morgan fingerprint density at radius 3 is 2.85 bits per heavy atom. The van der Waals surface area contributed by atoms with Crippen molar-refractivity contribution in [3.8, 4) is 0 Å². The van der Waals surface area contributed by atoms with Gasteiger partial charge in [-0.1, -0.05) is 35.9 Å². The third-order valence-electron chi connectivity index (χ3n) is 3.97. The number of guanidine groups is 1. The van der Waals surface area contributed by atoms with Crippen LogP contribution in [0, 0.1) is 0 Å². The second-order valence-electron chi connectivity index (χ2n) is 6.06. The van der Waals surface area contributed by atoms with Crippen molar-refractivity contribution in [1.29, 1.82) is 0 Å². The Morgan fingerprint density at radius 1 is 1.15 bits per heavy atom. The van der Waals surface area contributed by atoms with Crippen molar-refractivity contribution in [2.24, 2.45) is 4.99 Å². The molecule has 5 nitrogen and oxygen atoms in total. The van der Waals surface area contributed by atoms with Crippen LogP contribution in [0.3, 0.4) is 0 Å². The van der Waals surface area contributed by atoms with Crippen LogP contribution >= 0.6 is 11.6 Å². The molecule has 3 rings (SSSR count). The van der Waals surface area contributed by atoms with E-state index in [4.69, 9.17) is 11.6 Å². The van der Waals surface area contributed by atoms with Gasteiger partial charge in [-0.25, -0.2) is 9.98 Å². The average Bonchev–Trinajstić information content (AvgIpc) is 3.06. The predicted octanol–water partition coefficient (Wildman–Crippen LogP) is 3.90. The zero-order valence-electron chi connectivity index (χ0n) is 14.9. The first-order chi connectivity index (χ1) is 12.7. The number of nitrogens with zero attached hydrogens (tertiary/aromatic N) is 2. The van der Waals surface area contributed by atoms with E-state index in [-0.39, 0.29) is 0 Å². The van der Waals surface area contributed by atoms with Crippen molar-refractivity contribution in [1.82, 2.24) is 20.6 Å². The number of benzene rings is 2. The standard InChI is InChI=1S/C20H24ClN5/c1-2-22-20(24-14-15-7-5-8-16(21)13-15)23-12-6-11-19-25-17-9-3-4-10-18(17)26-19/h3-5,7-10,13H,2,6,11-12,14H2,1H3,(H,25,26)(H2,22,23,24). The Kier molecular flexibility index (Phi) is 6.50. The maximum atomic E-state index is 6.02. The van der Waals surface area contributed by atoms with Gasteiger partial charge in [-0.2, -0.15) is 0 Å². The van der Waals surface area contributed by atoms with E-state index in [1.165, 1.54) is 0 Å². The fourth-order valence-electron chi connectivity index (χ4n) is 2.73. The smallest absolute Gasteiger partial charge is 0.191 e. The summed E-state index contributed by atoms with van der Waals surface area (Å²) >= 11 is 6.02. The molecule has 26 heavy (non-hydrogen) atoms. The Bertz CT molecular complexity index is 838. The molecule has 136 valence electrons. The number of para-hydroxylation sites is 2. The third-order valence-corrected chi connectivity index (χ3v) is 4.21. The lowest BCUT2D eigenvalue weighted by Crippen LogP contribution is -2.37. The van der Waals surface area contributed by atoms with Gasteiger partial charge in [0, 0.05) is 24.5 Å². The summed E-state index contributed by atoms with van der Waals surface area (Å²) in [6.45, 7) is 4.31. The van der Waals surface area contributed by atoms with E-state index in [0.717, 1.165) is 59.3 Å². The van der Waals surface area contributed by atoms with Gasteiger partial charge in [0.05, 0.1) is 17.6 Å². The van der Waals surface area contributed by atoms with Crippen LogP contribution in [0.25, 0.3) is 11.0 Å². The van der Waals surface area contributed by atoms with Crippen molar-refractivity contribution in [3.63, 3.8) is 0 Å². The van der Waals surface area contributed by atoms with E-state index in [0.29, 0.717) is 6.54 Å². The largest absolute Gasteiger partial charge is 0.357 e. The highest BCUT2D eigenvalue weighted by Crippen LogP contribution is 2.12. The molecule has 0 aliphatic carbocycles. The number of fused-ring (bicyclic) bond motifs is 1. The lowest BCUT2D eigenvalue weighted by atomic mass is 10.2. The van der Waals surface area contributed by atoms with E-state index in [9.17, 15) is 0 Å². The van der Waals surface area contributed by atoms with Gasteiger partial charge in [-0.15, -0.1) is 0 Å². The van der Waals surface area contributed by atoms with E-state index >= 15 is 0 Å². The molecule has 0 unspecified atom stereocenters. The minimum Gasteiger partial charge on any atom is -0.357 e. The summed E-state index contributed by atoms with van der Waals surface area (Å²) in [5.74, 6) is 1.84. The molecule has 0 amide bonds. The number of rotatable bonds is 7. The lowest BCUT2D eigenvalue weighted by molar-refractivity contribution is 0.727. The van der Waals surface area contributed by atoms with Gasteiger partial charge in [-0.3, -0.25) is 0 Å². The maximum absolute atomic E-state index is 6.02. The summed E-state index contributed by atoms with van der Waals surface area (Å²) in [7, 11) is 0. The topological polar surface area (TPSA) is 65.1 Å². The fraction of sp³-hybridized carbons (Fsp3) is 0.300. The van der Waals surface area contributed by atoms with Crippen LogP contribution in [0.1, 0.15) is 24.7 Å². The van der Waals surface area contributed by atoms with Gasteiger partial charge in [-0.05, 0) is 43.2 Å². The zero-order valence-corrected chi connectivity index (χ0v) is 15.7. The van der Waals surface area contributed by atoms with Gasteiger partial charge in [0.2, 0.25) is 0 Å². The highest BCUT2D eigenvalue weighted by atomic mass is 35.5. The fourth-order valence-corrected chi connectivity index (χ4v) is 2.95. The van der Waals surface area contributed by atoms with Crippen LogP contribution in [0.5, 0.6) is 0 Å². The van der Waals surface area contributed by atoms with Gasteiger partial charge >= 0.3 is 0 Å². The van der Waals surface area contributed by atoms with Crippen LogP contribution in [0.2, 0.25) is 5.02 Å². The molecule has 6 heteroatoms. The summed E-state index contributed by atoms with van der Waals surface area (Å²) < 4.78 is 0. The van der Waals surface area contributed by atoms with Gasteiger partial charge < -0.3 is 15.6 Å². The summed E-state index contributed by atoms with van der Waals surface area (Å²) in [6, 6.07) is 15.9. The van der Waals surface area contributed by atoms with Crippen LogP contribution in [0.15, 0.2) is 53.5 Å². The van der Waals surface area contributed by atoms with Crippen molar-refractivity contribution >= 4 is 28.6 Å². The van der Waals surface area contributed by atoms with Gasteiger partial charge in [0.25, 0.3) is 0 Å². The van der Waals surface area contributed by atoms with Gasteiger partial charge in [0.15, 0.2) is 5.96 Å². The van der Waals surface area contributed by atoms with E-state index in [2.05, 4.69) is 38.6 Å². The van der Waals surface area contributed by atoms with Crippen molar-refractivity contribution < 1.29 is 0 Å². The molecule has 2 aromatic carbocycles. The molecule has 0 fully saturated rings. The molecule has 3 N–H and O–H groups in total. The molecule has 0 spiro atoms. The zero-order chi connectivity index (χ0) is 18.2. The quantitative estimate of drug-likeness (QED) is 0.336. The van der Waals surface area contributed by atoms with Crippen molar-refractivity contribution in [2.75, 3.05) is 13.1 Å². The van der Waals surface area contributed by atoms with Crippen LogP contribution in [-0.2, 0) is 13.0 Å². The molecule has 1 heterocycles. The normalized spacial score (nSPS) is 11.7. The molecule has 3 aromatic rings. The minimum atomic E-state index is 0.597. The Morgan fingerprint density at radius 2 is 2.04 bits per heavy atom. The maximum Gasteiger partial charge on any atom is 0.191 e. The first kappa shape index (κ1) is 18.3. The van der Waals surface area contributed by atoms with Crippen LogP contribution < -0.4 is 10.6 Å². The van der Waals surface area contributed by atoms with E-state index < -0.39 is 0 Å². The first-order valence-electron chi connectivity index (χ1n) is 8.95. The summed E-state index contributed by atoms with van der Waals surface area (Å²) in [5, 5.41) is 7.38. The molecule has 0 bridgehead atoms. The molecule has 0 radical (unpaired) electrons. The number of imidazole rings is 1. The van der Waals surface area contributed by atoms with Crippen LogP contribution in [-0.4, -0.2) is 29.0 Å². The highest BCUT2D eigenvalue weighted by molar-refractivity contribution is 6.30. The van der Waals surface area contributed by atoms with Gasteiger partial charge in [0.1, 0.15) is 5.82 Å². The number of H-pyrrole nitrogens is 1. The Labute approximate surface area is 158 Å². The van der Waals surface area contributed by atoms with Crippen molar-refractivity contribution in [2.45, 2.75) is 26.3 Å². The number of hydrogen-bond donors (Lipinski definition) is 3. The third kappa shape index (κ3) is 5.23. The number of aliphatic imine (C=N–C) groups is 1. The second-order valence-corrected chi connectivity index (χ2v) is 6.49. The summed E-state index contributed by atoms with van der Waals surface area (Å²) in [5.41, 5.74) is 3.20. The Balaban J connectivity index is 1.49. The van der Waals surface area contributed by atoms with E-state index in [1.807, 2.05) is 42.5 Å². The number of hydrogen-bond acceptors (Lipinski definition) is 2.